The summed E-state index contributed by atoms with van der Waals surface area (Å²) in [5.74, 6) is -0.302. The minimum Gasteiger partial charge on any atom is -0.481 e. The van der Waals surface area contributed by atoms with Crippen LogP contribution in [0.3, 0.4) is 0 Å². The second-order valence-corrected chi connectivity index (χ2v) is 4.57. The van der Waals surface area contributed by atoms with Gasteiger partial charge < -0.3 is 14.9 Å². The monoisotopic (exact) mass is 304 g/mol. The average Bonchev–Trinajstić information content (AvgIpc) is 2.99. The fourth-order valence-electron chi connectivity index (χ4n) is 1.73. The number of aryl methyl sites for hydroxylation is 1. The first-order chi connectivity index (χ1) is 10.6. The molecule has 116 valence electrons. The van der Waals surface area contributed by atoms with Crippen LogP contribution in [-0.2, 0) is 16.0 Å². The van der Waals surface area contributed by atoms with Crippen molar-refractivity contribution in [3.8, 4) is 11.5 Å². The van der Waals surface area contributed by atoms with Crippen LogP contribution in [0.2, 0.25) is 0 Å². The minimum absolute atomic E-state index is 0.0391. The van der Waals surface area contributed by atoms with Gasteiger partial charge in [0, 0.05) is 32.0 Å². The molecule has 0 atom stereocenters. The third kappa shape index (κ3) is 4.97. The maximum absolute atomic E-state index is 11.6. The molecule has 8 heteroatoms. The van der Waals surface area contributed by atoms with Crippen molar-refractivity contribution in [3.63, 3.8) is 0 Å². The number of amides is 1. The summed E-state index contributed by atoms with van der Waals surface area (Å²) in [6, 6.07) is 5.38. The summed E-state index contributed by atoms with van der Waals surface area (Å²) in [6.45, 7) is 0.341. The Balaban J connectivity index is 1.74. The Hall–Kier alpha value is -2.77. The van der Waals surface area contributed by atoms with E-state index in [-0.39, 0.29) is 18.7 Å². The second-order valence-electron chi connectivity index (χ2n) is 4.57. The summed E-state index contributed by atoms with van der Waals surface area (Å²) < 4.78 is 5.07. The molecule has 0 saturated carbocycles. The number of rotatable bonds is 8. The highest BCUT2D eigenvalue weighted by Crippen LogP contribution is 2.12. The van der Waals surface area contributed by atoms with Crippen LogP contribution in [0.4, 0.5) is 0 Å². The van der Waals surface area contributed by atoms with Crippen molar-refractivity contribution in [2.75, 3.05) is 6.54 Å². The summed E-state index contributed by atoms with van der Waals surface area (Å²) in [5, 5.41) is 14.9. The molecule has 22 heavy (non-hydrogen) atoms. The molecule has 0 bridgehead atoms. The first kappa shape index (κ1) is 15.6. The molecule has 0 spiro atoms. The van der Waals surface area contributed by atoms with E-state index in [1.807, 2.05) is 6.07 Å². The van der Waals surface area contributed by atoms with Gasteiger partial charge in [0.25, 0.3) is 0 Å². The van der Waals surface area contributed by atoms with Gasteiger partial charge in [-0.1, -0.05) is 11.2 Å². The lowest BCUT2D eigenvalue weighted by atomic mass is 10.2. The maximum Gasteiger partial charge on any atom is 0.303 e. The highest BCUT2D eigenvalue weighted by Gasteiger charge is 2.11. The number of pyridine rings is 1. The maximum atomic E-state index is 11.6. The van der Waals surface area contributed by atoms with Crippen molar-refractivity contribution in [1.82, 2.24) is 20.4 Å². The number of hydrogen-bond acceptors (Lipinski definition) is 6. The van der Waals surface area contributed by atoms with Gasteiger partial charge in [0.15, 0.2) is 0 Å². The molecule has 0 saturated heterocycles. The molecule has 0 radical (unpaired) electrons. The Morgan fingerprint density at radius 1 is 1.27 bits per heavy atom. The fraction of sp³-hybridized carbons (Fsp3) is 0.357. The first-order valence-electron chi connectivity index (χ1n) is 6.87. The highest BCUT2D eigenvalue weighted by molar-refractivity contribution is 5.76. The molecule has 1 amide bonds. The van der Waals surface area contributed by atoms with Crippen molar-refractivity contribution in [1.29, 1.82) is 0 Å². The third-order valence-corrected chi connectivity index (χ3v) is 2.82. The number of carboxylic acids is 1. The third-order valence-electron chi connectivity index (χ3n) is 2.82. The summed E-state index contributed by atoms with van der Waals surface area (Å²) in [6.07, 6.45) is 2.61. The topological polar surface area (TPSA) is 118 Å². The van der Waals surface area contributed by atoms with Gasteiger partial charge >= 0.3 is 5.97 Å². The van der Waals surface area contributed by atoms with Gasteiger partial charge in [-0.15, -0.1) is 0 Å². The zero-order valence-corrected chi connectivity index (χ0v) is 11.9. The number of hydrogen-bond donors (Lipinski definition) is 2. The SMILES string of the molecule is O=C(O)CCCNC(=O)CCc1nc(-c2ccccn2)no1. The van der Waals surface area contributed by atoms with E-state index >= 15 is 0 Å². The van der Waals surface area contributed by atoms with Gasteiger partial charge in [-0.25, -0.2) is 0 Å². The van der Waals surface area contributed by atoms with Crippen LogP contribution in [-0.4, -0.2) is 38.7 Å². The molecule has 0 aromatic carbocycles. The van der Waals surface area contributed by atoms with Crippen molar-refractivity contribution in [3.05, 3.63) is 30.3 Å². The van der Waals surface area contributed by atoms with Crippen molar-refractivity contribution < 1.29 is 19.2 Å². The zero-order valence-electron chi connectivity index (χ0n) is 11.9. The van der Waals surface area contributed by atoms with Gasteiger partial charge in [-0.2, -0.15) is 4.98 Å². The zero-order chi connectivity index (χ0) is 15.8. The largest absolute Gasteiger partial charge is 0.481 e. The van der Waals surface area contributed by atoms with Gasteiger partial charge in [0.1, 0.15) is 5.69 Å². The molecule has 8 nitrogen and oxygen atoms in total. The van der Waals surface area contributed by atoms with Crippen molar-refractivity contribution in [2.45, 2.75) is 25.7 Å². The van der Waals surface area contributed by atoms with Crippen LogP contribution in [0.5, 0.6) is 0 Å². The highest BCUT2D eigenvalue weighted by atomic mass is 16.5. The lowest BCUT2D eigenvalue weighted by Gasteiger charge is -2.02. The molecule has 0 aliphatic heterocycles. The number of carbonyl (C=O) groups excluding carboxylic acids is 1. The number of carbonyl (C=O) groups is 2. The summed E-state index contributed by atoms with van der Waals surface area (Å²) in [5.41, 5.74) is 0.607. The van der Waals surface area contributed by atoms with Crippen LogP contribution in [0.25, 0.3) is 11.5 Å². The predicted molar refractivity (Wildman–Crippen MR) is 75.7 cm³/mol. The number of aromatic nitrogens is 3. The Morgan fingerprint density at radius 3 is 2.86 bits per heavy atom. The van der Waals surface area contributed by atoms with E-state index in [1.165, 1.54) is 0 Å². The average molecular weight is 304 g/mol. The molecule has 0 aliphatic carbocycles. The minimum atomic E-state index is -0.873. The molecule has 2 aromatic heterocycles. The molecular formula is C14H16N4O4. The van der Waals surface area contributed by atoms with E-state index in [9.17, 15) is 9.59 Å². The normalized spacial score (nSPS) is 10.4. The van der Waals surface area contributed by atoms with E-state index in [2.05, 4.69) is 20.4 Å². The van der Waals surface area contributed by atoms with Crippen LogP contribution in [0.15, 0.2) is 28.9 Å². The van der Waals surface area contributed by atoms with Crippen molar-refractivity contribution >= 4 is 11.9 Å². The van der Waals surface area contributed by atoms with E-state index < -0.39 is 5.97 Å². The van der Waals surface area contributed by atoms with E-state index in [0.29, 0.717) is 36.8 Å². The molecule has 2 aromatic rings. The number of carboxylic acid groups (broad SMARTS) is 1. The molecular weight excluding hydrogens is 288 g/mol. The smallest absolute Gasteiger partial charge is 0.303 e. The van der Waals surface area contributed by atoms with Crippen LogP contribution in [0, 0.1) is 0 Å². The van der Waals surface area contributed by atoms with Gasteiger partial charge in [0.05, 0.1) is 0 Å². The Bertz CT molecular complexity index is 627. The number of nitrogens with one attached hydrogen (secondary N) is 1. The summed E-state index contributed by atoms with van der Waals surface area (Å²) in [7, 11) is 0. The van der Waals surface area contributed by atoms with E-state index in [1.54, 1.807) is 18.3 Å². The molecule has 0 aliphatic rings. The van der Waals surface area contributed by atoms with E-state index in [4.69, 9.17) is 9.63 Å². The molecule has 0 fully saturated rings. The standard InChI is InChI=1S/C14H16N4O4/c19-11(16-9-3-5-13(20)21)6-7-12-17-14(18-22-12)10-4-1-2-8-15-10/h1-2,4,8H,3,5-7,9H2,(H,16,19)(H,20,21). The Morgan fingerprint density at radius 2 is 2.14 bits per heavy atom. The predicted octanol–water partition coefficient (Wildman–Crippen LogP) is 1.05. The van der Waals surface area contributed by atoms with Gasteiger partial charge in [0.2, 0.25) is 17.6 Å². The first-order valence-corrected chi connectivity index (χ1v) is 6.87. The van der Waals surface area contributed by atoms with Gasteiger partial charge in [-0.05, 0) is 18.6 Å². The van der Waals surface area contributed by atoms with Crippen LogP contribution < -0.4 is 5.32 Å². The molecule has 2 heterocycles. The Kier molecular flexibility index (Phi) is 5.58. The van der Waals surface area contributed by atoms with Crippen LogP contribution >= 0.6 is 0 Å². The van der Waals surface area contributed by atoms with Crippen LogP contribution in [0.1, 0.15) is 25.2 Å². The van der Waals surface area contributed by atoms with Crippen molar-refractivity contribution in [2.24, 2.45) is 0 Å². The van der Waals surface area contributed by atoms with Gasteiger partial charge in [-0.3, -0.25) is 14.6 Å². The fourth-order valence-corrected chi connectivity index (χ4v) is 1.73. The lowest BCUT2D eigenvalue weighted by molar-refractivity contribution is -0.137. The number of aliphatic carboxylic acids is 1. The second kappa shape index (κ2) is 7.87. The quantitative estimate of drug-likeness (QED) is 0.699. The summed E-state index contributed by atoms with van der Waals surface area (Å²) >= 11 is 0. The lowest BCUT2D eigenvalue weighted by Crippen LogP contribution is -2.25. The molecule has 2 N–H and O–H groups in total. The summed E-state index contributed by atoms with van der Waals surface area (Å²) in [4.78, 5) is 30.2. The number of nitrogens with zero attached hydrogens (tertiary/aromatic N) is 3. The molecule has 2 rings (SSSR count). The Labute approximate surface area is 126 Å². The molecule has 0 unspecified atom stereocenters. The van der Waals surface area contributed by atoms with E-state index in [0.717, 1.165) is 0 Å².